The van der Waals surface area contributed by atoms with E-state index >= 15 is 0 Å². The van der Waals surface area contributed by atoms with Crippen molar-refractivity contribution in [1.82, 2.24) is 5.32 Å². The third-order valence-corrected chi connectivity index (χ3v) is 1.75. The van der Waals surface area contributed by atoms with Crippen LogP contribution in [0.2, 0.25) is 0 Å². The Morgan fingerprint density at radius 1 is 1.25 bits per heavy atom. The van der Waals surface area contributed by atoms with Crippen molar-refractivity contribution in [3.63, 3.8) is 0 Å². The fourth-order valence-electron chi connectivity index (χ4n) is 1.16. The van der Waals surface area contributed by atoms with Gasteiger partial charge < -0.3 is 5.32 Å². The predicted molar refractivity (Wildman–Crippen MR) is 76.2 cm³/mol. The van der Waals surface area contributed by atoms with Crippen LogP contribution in [0.5, 0.6) is 0 Å². The molecular weight excluding hydrogens is 196 g/mol. The van der Waals surface area contributed by atoms with Crippen LogP contribution >= 0.6 is 0 Å². The molecular formula is C14H28N2. The van der Waals surface area contributed by atoms with E-state index in [2.05, 4.69) is 29.0 Å². The van der Waals surface area contributed by atoms with E-state index in [4.69, 9.17) is 0 Å². The zero-order valence-electron chi connectivity index (χ0n) is 11.6. The summed E-state index contributed by atoms with van der Waals surface area (Å²) >= 11 is 0. The third kappa shape index (κ3) is 11.2. The number of hydrogen-bond acceptors (Lipinski definition) is 2. The van der Waals surface area contributed by atoms with Crippen LogP contribution in [-0.4, -0.2) is 18.8 Å². The van der Waals surface area contributed by atoms with Gasteiger partial charge in [-0.15, -0.1) is 0 Å². The first-order chi connectivity index (χ1) is 7.79. The Bertz CT molecular complexity index is 215. The average Bonchev–Trinajstić information content (AvgIpc) is 2.33. The number of nitrogens with zero attached hydrogens (tertiary/aromatic N) is 1. The van der Waals surface area contributed by atoms with E-state index < -0.39 is 0 Å². The second-order valence-electron chi connectivity index (χ2n) is 3.04. The fraction of sp³-hybridized carbons (Fsp3) is 0.643. The second-order valence-corrected chi connectivity index (χ2v) is 3.04. The lowest BCUT2D eigenvalue weighted by Gasteiger charge is -2.05. The summed E-state index contributed by atoms with van der Waals surface area (Å²) in [6.07, 6.45) is 6.55. The monoisotopic (exact) mass is 224 g/mol. The fourth-order valence-corrected chi connectivity index (χ4v) is 1.16. The van der Waals surface area contributed by atoms with Crippen LogP contribution in [0.4, 0.5) is 0 Å². The van der Waals surface area contributed by atoms with Crippen molar-refractivity contribution in [2.45, 2.75) is 47.5 Å². The molecule has 0 aliphatic carbocycles. The second kappa shape index (κ2) is 14.1. The Hall–Kier alpha value is -0.890. The lowest BCUT2D eigenvalue weighted by molar-refractivity contribution is 0.686. The molecule has 0 radical (unpaired) electrons. The molecule has 0 spiro atoms. The maximum Gasteiger partial charge on any atom is 0.0473 e. The SMILES string of the molecule is C=C1CNCCC/C=C\C(C)=N1.CC.CC. The largest absolute Gasteiger partial charge is 0.311 e. The van der Waals surface area contributed by atoms with Gasteiger partial charge in [0.15, 0.2) is 0 Å². The minimum atomic E-state index is 0.811. The number of hydrogen-bond donors (Lipinski definition) is 1. The molecule has 0 saturated heterocycles. The van der Waals surface area contributed by atoms with Crippen LogP contribution in [0.15, 0.2) is 29.4 Å². The molecule has 0 aromatic carbocycles. The van der Waals surface area contributed by atoms with Crippen molar-refractivity contribution < 1.29 is 0 Å². The van der Waals surface area contributed by atoms with Crippen molar-refractivity contribution in [3.05, 3.63) is 24.4 Å². The molecule has 1 aliphatic rings. The van der Waals surface area contributed by atoms with E-state index in [1.807, 2.05) is 34.6 Å². The maximum absolute atomic E-state index is 4.31. The summed E-state index contributed by atoms with van der Waals surface area (Å²) in [7, 11) is 0. The van der Waals surface area contributed by atoms with Crippen molar-refractivity contribution in [2.75, 3.05) is 13.1 Å². The van der Waals surface area contributed by atoms with Gasteiger partial charge in [0.25, 0.3) is 0 Å². The summed E-state index contributed by atoms with van der Waals surface area (Å²) in [4.78, 5) is 4.31. The van der Waals surface area contributed by atoms with E-state index in [0.717, 1.165) is 30.9 Å². The van der Waals surface area contributed by atoms with Crippen LogP contribution in [0.25, 0.3) is 0 Å². The Kier molecular flexibility index (Phi) is 15.4. The molecule has 0 atom stereocenters. The van der Waals surface area contributed by atoms with Crippen LogP contribution in [0.1, 0.15) is 47.5 Å². The molecule has 1 aliphatic heterocycles. The molecule has 16 heavy (non-hydrogen) atoms. The van der Waals surface area contributed by atoms with Crippen molar-refractivity contribution in [1.29, 1.82) is 0 Å². The molecule has 0 amide bonds. The third-order valence-electron chi connectivity index (χ3n) is 1.75. The van der Waals surface area contributed by atoms with Crippen molar-refractivity contribution in [3.8, 4) is 0 Å². The van der Waals surface area contributed by atoms with Gasteiger partial charge >= 0.3 is 0 Å². The maximum atomic E-state index is 4.31. The topological polar surface area (TPSA) is 24.4 Å². The van der Waals surface area contributed by atoms with Crippen molar-refractivity contribution in [2.24, 2.45) is 4.99 Å². The first-order valence-electron chi connectivity index (χ1n) is 6.39. The number of rotatable bonds is 0. The standard InChI is InChI=1S/C10H16N2.2C2H6/c1-9-6-4-3-5-7-11-8-10(2)12-9;2*1-2/h4,6,11H,2-3,5,7-8H2,1H3;2*1-2H3/b6-4-,12-9?;;. The van der Waals surface area contributed by atoms with Gasteiger partial charge in [-0.1, -0.05) is 40.3 Å². The lowest BCUT2D eigenvalue weighted by Crippen LogP contribution is -2.18. The van der Waals surface area contributed by atoms with Gasteiger partial charge in [0, 0.05) is 18.0 Å². The quantitative estimate of drug-likeness (QED) is 0.662. The van der Waals surface area contributed by atoms with Crippen LogP contribution in [-0.2, 0) is 0 Å². The lowest BCUT2D eigenvalue weighted by atomic mass is 10.2. The zero-order valence-corrected chi connectivity index (χ0v) is 11.6. The Labute approximate surface area is 102 Å². The summed E-state index contributed by atoms with van der Waals surface area (Å²) in [6.45, 7) is 15.7. The molecule has 0 unspecified atom stereocenters. The van der Waals surface area contributed by atoms with Gasteiger partial charge in [0.05, 0.1) is 0 Å². The first-order valence-corrected chi connectivity index (χ1v) is 6.39. The summed E-state index contributed by atoms with van der Waals surface area (Å²) in [5.74, 6) is 0. The van der Waals surface area contributed by atoms with E-state index in [0.29, 0.717) is 0 Å². The van der Waals surface area contributed by atoms with E-state index in [1.165, 1.54) is 6.42 Å². The summed E-state index contributed by atoms with van der Waals surface area (Å²) in [6, 6.07) is 0. The molecule has 1 N–H and O–H groups in total. The van der Waals surface area contributed by atoms with Gasteiger partial charge in [0.2, 0.25) is 0 Å². The van der Waals surface area contributed by atoms with E-state index in [-0.39, 0.29) is 0 Å². The minimum absolute atomic E-state index is 0.811. The Balaban J connectivity index is 0. The van der Waals surface area contributed by atoms with Gasteiger partial charge in [-0.25, -0.2) is 0 Å². The number of aliphatic imine (C=N–C) groups is 1. The predicted octanol–water partition coefficient (Wildman–Crippen LogP) is 3.95. The van der Waals surface area contributed by atoms with E-state index in [1.54, 1.807) is 0 Å². The van der Waals surface area contributed by atoms with E-state index in [9.17, 15) is 0 Å². The number of allylic oxidation sites excluding steroid dienone is 2. The number of nitrogens with one attached hydrogen (secondary N) is 1. The summed E-state index contributed by atoms with van der Waals surface area (Å²) in [5, 5.41) is 3.28. The molecule has 1 heterocycles. The van der Waals surface area contributed by atoms with Crippen LogP contribution in [0.3, 0.4) is 0 Å². The summed E-state index contributed by atoms with van der Waals surface area (Å²) < 4.78 is 0. The Morgan fingerprint density at radius 3 is 2.50 bits per heavy atom. The molecule has 0 aromatic rings. The Morgan fingerprint density at radius 2 is 1.88 bits per heavy atom. The zero-order chi connectivity index (χ0) is 12.8. The molecule has 94 valence electrons. The van der Waals surface area contributed by atoms with Crippen LogP contribution in [0, 0.1) is 0 Å². The summed E-state index contributed by atoms with van der Waals surface area (Å²) in [5.41, 5.74) is 1.96. The molecule has 0 fully saturated rings. The minimum Gasteiger partial charge on any atom is -0.311 e. The highest BCUT2D eigenvalue weighted by atomic mass is 14.9. The average molecular weight is 224 g/mol. The molecule has 2 nitrogen and oxygen atoms in total. The van der Waals surface area contributed by atoms with Gasteiger partial charge in [0.1, 0.15) is 0 Å². The highest BCUT2D eigenvalue weighted by Gasteiger charge is 1.94. The molecule has 0 aromatic heterocycles. The molecule has 2 heteroatoms. The molecule has 1 rings (SSSR count). The normalized spacial score (nSPS) is 18.1. The van der Waals surface area contributed by atoms with Gasteiger partial charge in [-0.3, -0.25) is 4.99 Å². The van der Waals surface area contributed by atoms with Gasteiger partial charge in [-0.2, -0.15) is 0 Å². The molecule has 0 saturated carbocycles. The van der Waals surface area contributed by atoms with Crippen LogP contribution < -0.4 is 5.32 Å². The smallest absolute Gasteiger partial charge is 0.0473 e. The van der Waals surface area contributed by atoms with Crippen molar-refractivity contribution >= 4 is 5.71 Å². The highest BCUT2D eigenvalue weighted by molar-refractivity contribution is 5.93. The highest BCUT2D eigenvalue weighted by Crippen LogP contribution is 1.98. The first kappa shape index (κ1) is 17.5. The van der Waals surface area contributed by atoms with Gasteiger partial charge in [-0.05, 0) is 32.4 Å². The molecule has 0 bridgehead atoms.